The smallest absolute Gasteiger partial charge is 0.257 e. The van der Waals surface area contributed by atoms with Gasteiger partial charge in [-0.3, -0.25) is 4.79 Å². The van der Waals surface area contributed by atoms with E-state index in [-0.39, 0.29) is 5.91 Å². The molecule has 0 spiro atoms. The quantitative estimate of drug-likeness (QED) is 0.826. The molecule has 4 heterocycles. The van der Waals surface area contributed by atoms with Crippen molar-refractivity contribution in [2.75, 3.05) is 31.1 Å². The summed E-state index contributed by atoms with van der Waals surface area (Å²) in [6.07, 6.45) is 4.79. The molecule has 0 aromatic carbocycles. The van der Waals surface area contributed by atoms with Gasteiger partial charge >= 0.3 is 0 Å². The highest BCUT2D eigenvalue weighted by Crippen LogP contribution is 2.28. The Balaban J connectivity index is 1.58. The van der Waals surface area contributed by atoms with Gasteiger partial charge in [-0.1, -0.05) is 0 Å². The number of alkyl halides is 1. The summed E-state index contributed by atoms with van der Waals surface area (Å²) in [6.45, 7) is 4.50. The number of furan rings is 1. The van der Waals surface area contributed by atoms with Crippen LogP contribution in [0.2, 0.25) is 0 Å². The monoisotopic (exact) mass is 358 g/mol. The zero-order valence-corrected chi connectivity index (χ0v) is 14.9. The Bertz CT molecular complexity index is 785. The van der Waals surface area contributed by atoms with Crippen molar-refractivity contribution in [2.45, 2.75) is 38.8 Å². The Morgan fingerprint density at radius 1 is 1.19 bits per heavy atom. The molecule has 0 unspecified atom stereocenters. The molecule has 0 N–H and O–H groups in total. The van der Waals surface area contributed by atoms with Crippen LogP contribution >= 0.6 is 0 Å². The molecule has 138 valence electrons. The lowest BCUT2D eigenvalue weighted by atomic mass is 10.1. The molecule has 1 fully saturated rings. The van der Waals surface area contributed by atoms with Crippen LogP contribution in [0.5, 0.6) is 0 Å². The number of hydrogen-bond donors (Lipinski definition) is 0. The molecule has 0 atom stereocenters. The van der Waals surface area contributed by atoms with Gasteiger partial charge in [0.25, 0.3) is 5.91 Å². The number of piperidine rings is 1. The first-order chi connectivity index (χ1) is 12.6. The molecule has 0 aliphatic carbocycles. The summed E-state index contributed by atoms with van der Waals surface area (Å²) in [7, 11) is 0. The van der Waals surface area contributed by atoms with Crippen molar-refractivity contribution < 1.29 is 13.6 Å². The first-order valence-electron chi connectivity index (χ1n) is 9.18. The Labute approximate surface area is 152 Å². The van der Waals surface area contributed by atoms with Crippen LogP contribution in [-0.2, 0) is 12.8 Å². The minimum absolute atomic E-state index is 0.0176. The second kappa shape index (κ2) is 7.05. The summed E-state index contributed by atoms with van der Waals surface area (Å²) in [5, 5.41) is 0. The minimum Gasteiger partial charge on any atom is -0.472 e. The van der Waals surface area contributed by atoms with E-state index in [0.29, 0.717) is 57.4 Å². The molecule has 4 rings (SSSR count). The SMILES string of the molecule is Cc1nc2c(c(N3CCC(F)CC3)n1)CCN(C(=O)c1ccoc1)CC2. The summed E-state index contributed by atoms with van der Waals surface area (Å²) in [5.74, 6) is 1.64. The lowest BCUT2D eigenvalue weighted by molar-refractivity contribution is 0.0762. The van der Waals surface area contributed by atoms with Crippen LogP contribution in [-0.4, -0.2) is 53.1 Å². The third-order valence-electron chi connectivity index (χ3n) is 5.21. The Kier molecular flexibility index (Phi) is 4.61. The number of anilines is 1. The number of nitrogens with zero attached hydrogens (tertiary/aromatic N) is 4. The molecule has 2 aliphatic rings. The standard InChI is InChI=1S/C19H23FN4O2/c1-13-21-17-5-10-24(19(25)14-6-11-26-12-14)9-4-16(17)18(22-13)23-7-2-15(20)3-8-23/h6,11-12,15H,2-5,7-10H2,1H3. The van der Waals surface area contributed by atoms with Gasteiger partial charge in [0.15, 0.2) is 0 Å². The van der Waals surface area contributed by atoms with E-state index in [2.05, 4.69) is 14.9 Å². The summed E-state index contributed by atoms with van der Waals surface area (Å²) in [5.41, 5.74) is 2.69. The first-order valence-corrected chi connectivity index (χ1v) is 9.18. The fraction of sp³-hybridized carbons (Fsp3) is 0.526. The number of aryl methyl sites for hydroxylation is 1. The number of hydrogen-bond acceptors (Lipinski definition) is 5. The zero-order valence-electron chi connectivity index (χ0n) is 14.9. The molecule has 7 heteroatoms. The topological polar surface area (TPSA) is 62.5 Å². The number of halogens is 1. The Hall–Kier alpha value is -2.44. The highest BCUT2D eigenvalue weighted by Gasteiger charge is 2.27. The predicted octanol–water partition coefficient (Wildman–Crippen LogP) is 2.56. The average molecular weight is 358 g/mol. The molecule has 2 aromatic heterocycles. The van der Waals surface area contributed by atoms with Crippen LogP contribution in [0, 0.1) is 6.92 Å². The lowest BCUT2D eigenvalue weighted by Gasteiger charge is -2.31. The van der Waals surface area contributed by atoms with Crippen molar-refractivity contribution >= 4 is 11.7 Å². The second-order valence-electron chi connectivity index (χ2n) is 6.99. The number of carbonyl (C=O) groups is 1. The van der Waals surface area contributed by atoms with Crippen LogP contribution in [0.25, 0.3) is 0 Å². The van der Waals surface area contributed by atoms with Crippen LogP contribution < -0.4 is 4.90 Å². The van der Waals surface area contributed by atoms with E-state index in [0.717, 1.165) is 22.9 Å². The van der Waals surface area contributed by atoms with Crippen LogP contribution in [0.4, 0.5) is 10.2 Å². The van der Waals surface area contributed by atoms with Crippen LogP contribution in [0.3, 0.4) is 0 Å². The van der Waals surface area contributed by atoms with Crippen molar-refractivity contribution in [2.24, 2.45) is 0 Å². The molecule has 0 bridgehead atoms. The van der Waals surface area contributed by atoms with Crippen LogP contribution in [0.1, 0.15) is 40.3 Å². The largest absolute Gasteiger partial charge is 0.472 e. The summed E-state index contributed by atoms with van der Waals surface area (Å²) < 4.78 is 18.6. The normalized spacial score (nSPS) is 18.5. The van der Waals surface area contributed by atoms with E-state index < -0.39 is 6.17 Å². The van der Waals surface area contributed by atoms with Gasteiger partial charge in [0.1, 0.15) is 24.1 Å². The summed E-state index contributed by atoms with van der Waals surface area (Å²) in [6, 6.07) is 1.69. The molecule has 0 saturated carbocycles. The fourth-order valence-corrected chi connectivity index (χ4v) is 3.79. The second-order valence-corrected chi connectivity index (χ2v) is 6.99. The molecule has 2 aliphatic heterocycles. The number of aromatic nitrogens is 2. The third-order valence-corrected chi connectivity index (χ3v) is 5.21. The van der Waals surface area contributed by atoms with E-state index in [1.54, 1.807) is 6.07 Å². The maximum Gasteiger partial charge on any atom is 0.257 e. The van der Waals surface area contributed by atoms with E-state index in [1.807, 2.05) is 11.8 Å². The van der Waals surface area contributed by atoms with E-state index in [9.17, 15) is 9.18 Å². The number of rotatable bonds is 2. The highest BCUT2D eigenvalue weighted by atomic mass is 19.1. The van der Waals surface area contributed by atoms with E-state index >= 15 is 0 Å². The van der Waals surface area contributed by atoms with Crippen molar-refractivity contribution in [1.29, 1.82) is 0 Å². The zero-order chi connectivity index (χ0) is 18.1. The van der Waals surface area contributed by atoms with E-state index in [1.165, 1.54) is 12.5 Å². The number of amides is 1. The minimum atomic E-state index is -0.712. The van der Waals surface area contributed by atoms with E-state index in [4.69, 9.17) is 4.42 Å². The van der Waals surface area contributed by atoms with Gasteiger partial charge < -0.3 is 14.2 Å². The van der Waals surface area contributed by atoms with Gasteiger partial charge in [-0.2, -0.15) is 0 Å². The maximum absolute atomic E-state index is 13.5. The first kappa shape index (κ1) is 17.0. The van der Waals surface area contributed by atoms with Gasteiger partial charge in [-0.05, 0) is 32.3 Å². The molecule has 0 radical (unpaired) electrons. The lowest BCUT2D eigenvalue weighted by Crippen LogP contribution is -2.36. The maximum atomic E-state index is 13.5. The fourth-order valence-electron chi connectivity index (χ4n) is 3.79. The van der Waals surface area contributed by atoms with Gasteiger partial charge in [0.05, 0.1) is 17.5 Å². The van der Waals surface area contributed by atoms with Crippen molar-refractivity contribution in [3.63, 3.8) is 0 Å². The van der Waals surface area contributed by atoms with Gasteiger partial charge in [0.2, 0.25) is 0 Å². The third kappa shape index (κ3) is 3.30. The number of carbonyl (C=O) groups excluding carboxylic acids is 1. The van der Waals surface area contributed by atoms with Gasteiger partial charge in [-0.15, -0.1) is 0 Å². The molecule has 1 saturated heterocycles. The van der Waals surface area contributed by atoms with Crippen molar-refractivity contribution in [1.82, 2.24) is 14.9 Å². The molecule has 1 amide bonds. The predicted molar refractivity (Wildman–Crippen MR) is 95.1 cm³/mol. The summed E-state index contributed by atoms with van der Waals surface area (Å²) >= 11 is 0. The molecular weight excluding hydrogens is 335 g/mol. The summed E-state index contributed by atoms with van der Waals surface area (Å²) in [4.78, 5) is 26.0. The van der Waals surface area contributed by atoms with Crippen LogP contribution in [0.15, 0.2) is 23.0 Å². The Morgan fingerprint density at radius 2 is 1.96 bits per heavy atom. The van der Waals surface area contributed by atoms with Gasteiger partial charge in [-0.25, -0.2) is 14.4 Å². The molecule has 2 aromatic rings. The molecule has 26 heavy (non-hydrogen) atoms. The Morgan fingerprint density at radius 3 is 2.69 bits per heavy atom. The van der Waals surface area contributed by atoms with Crippen molar-refractivity contribution in [3.05, 3.63) is 41.2 Å². The highest BCUT2D eigenvalue weighted by molar-refractivity contribution is 5.93. The van der Waals surface area contributed by atoms with Crippen molar-refractivity contribution in [3.8, 4) is 0 Å². The van der Waals surface area contributed by atoms with Gasteiger partial charge in [0, 0.05) is 38.2 Å². The number of fused-ring (bicyclic) bond motifs is 1. The molecule has 6 nitrogen and oxygen atoms in total. The molecular formula is C19H23FN4O2. The average Bonchev–Trinajstić information content (AvgIpc) is 3.09.